The third-order valence-corrected chi connectivity index (χ3v) is 4.80. The Balaban J connectivity index is 1.57. The predicted octanol–water partition coefficient (Wildman–Crippen LogP) is 5.46. The number of aryl methyl sites for hydroxylation is 1. The molecular formula is C24H16N2O2. The van der Waals surface area contributed by atoms with Crippen molar-refractivity contribution in [2.45, 2.75) is 6.92 Å². The first-order valence-electron chi connectivity index (χ1n) is 9.05. The molecule has 0 N–H and O–H groups in total. The van der Waals surface area contributed by atoms with Crippen LogP contribution in [0.15, 0.2) is 78.9 Å². The molecular weight excluding hydrogens is 348 g/mol. The summed E-state index contributed by atoms with van der Waals surface area (Å²) in [6.45, 7) is 1.98. The van der Waals surface area contributed by atoms with Gasteiger partial charge in [-0.25, -0.2) is 14.8 Å². The van der Waals surface area contributed by atoms with Gasteiger partial charge in [0.25, 0.3) is 0 Å². The van der Waals surface area contributed by atoms with Crippen LogP contribution < -0.4 is 4.74 Å². The number of carbonyl (C=O) groups is 1. The Hall–Kier alpha value is -3.79. The van der Waals surface area contributed by atoms with Crippen molar-refractivity contribution >= 4 is 38.8 Å². The summed E-state index contributed by atoms with van der Waals surface area (Å²) in [4.78, 5) is 21.9. The third-order valence-electron chi connectivity index (χ3n) is 4.80. The highest BCUT2D eigenvalue weighted by atomic mass is 16.5. The Morgan fingerprint density at radius 1 is 0.786 bits per heavy atom. The molecule has 5 aromatic rings. The second kappa shape index (κ2) is 6.43. The summed E-state index contributed by atoms with van der Waals surface area (Å²) in [5, 5.41) is 2.17. The maximum atomic E-state index is 12.4. The number of ether oxygens (including phenoxy) is 1. The van der Waals surface area contributed by atoms with Crippen molar-refractivity contribution in [3.63, 3.8) is 0 Å². The quantitative estimate of drug-likeness (QED) is 0.181. The van der Waals surface area contributed by atoms with E-state index in [1.54, 1.807) is 24.3 Å². The van der Waals surface area contributed by atoms with E-state index in [1.807, 2.05) is 49.4 Å². The highest BCUT2D eigenvalue weighted by molar-refractivity contribution is 6.05. The highest BCUT2D eigenvalue weighted by Gasteiger charge is 2.11. The van der Waals surface area contributed by atoms with Gasteiger partial charge in [0.2, 0.25) is 0 Å². The fraction of sp³-hybridized carbons (Fsp3) is 0.0417. The zero-order valence-corrected chi connectivity index (χ0v) is 15.2. The van der Waals surface area contributed by atoms with Crippen LogP contribution in [0.25, 0.3) is 32.8 Å². The van der Waals surface area contributed by atoms with Gasteiger partial charge in [0.05, 0.1) is 27.6 Å². The summed E-state index contributed by atoms with van der Waals surface area (Å²) >= 11 is 0. The van der Waals surface area contributed by atoms with Crippen molar-refractivity contribution in [1.29, 1.82) is 0 Å². The van der Waals surface area contributed by atoms with E-state index < -0.39 is 5.97 Å². The first kappa shape index (κ1) is 16.4. The molecule has 0 unspecified atom stereocenters. The molecule has 4 nitrogen and oxygen atoms in total. The van der Waals surface area contributed by atoms with Crippen molar-refractivity contribution in [2.24, 2.45) is 0 Å². The number of hydrogen-bond donors (Lipinski definition) is 0. The Labute approximate surface area is 161 Å². The van der Waals surface area contributed by atoms with Crippen molar-refractivity contribution in [2.75, 3.05) is 0 Å². The molecule has 4 aromatic carbocycles. The summed E-state index contributed by atoms with van der Waals surface area (Å²) in [7, 11) is 0. The molecule has 0 fully saturated rings. The van der Waals surface area contributed by atoms with Crippen molar-refractivity contribution < 1.29 is 9.53 Å². The molecule has 5 rings (SSSR count). The number of benzene rings is 4. The lowest BCUT2D eigenvalue weighted by molar-refractivity contribution is 0.0735. The molecule has 134 valence electrons. The average molecular weight is 364 g/mol. The Morgan fingerprint density at radius 2 is 1.57 bits per heavy atom. The lowest BCUT2D eigenvalue weighted by atomic mass is 10.1. The average Bonchev–Trinajstić information content (AvgIpc) is 2.72. The first-order valence-corrected chi connectivity index (χ1v) is 9.05. The Kier molecular flexibility index (Phi) is 3.76. The van der Waals surface area contributed by atoms with E-state index in [2.05, 4.69) is 12.1 Å². The van der Waals surface area contributed by atoms with Gasteiger partial charge in [-0.05, 0) is 42.6 Å². The molecule has 1 heterocycles. The number of rotatable bonds is 2. The van der Waals surface area contributed by atoms with Gasteiger partial charge in [0.1, 0.15) is 5.75 Å². The topological polar surface area (TPSA) is 52.1 Å². The van der Waals surface area contributed by atoms with E-state index >= 15 is 0 Å². The normalized spacial score (nSPS) is 11.2. The first-order chi connectivity index (χ1) is 13.7. The van der Waals surface area contributed by atoms with Gasteiger partial charge in [0.15, 0.2) is 0 Å². The molecule has 0 aliphatic rings. The van der Waals surface area contributed by atoms with Crippen LogP contribution in [0.3, 0.4) is 0 Å². The molecule has 28 heavy (non-hydrogen) atoms. The number of nitrogens with zero attached hydrogens (tertiary/aromatic N) is 2. The monoisotopic (exact) mass is 364 g/mol. The number of esters is 1. The van der Waals surface area contributed by atoms with Crippen molar-refractivity contribution in [3.05, 3.63) is 90.0 Å². The second-order valence-electron chi connectivity index (χ2n) is 6.78. The van der Waals surface area contributed by atoms with Gasteiger partial charge >= 0.3 is 5.97 Å². The molecule has 0 spiro atoms. The molecule has 4 heteroatoms. The molecule has 0 atom stereocenters. The van der Waals surface area contributed by atoms with Gasteiger partial charge < -0.3 is 4.74 Å². The second-order valence-corrected chi connectivity index (χ2v) is 6.78. The van der Waals surface area contributed by atoms with E-state index in [1.165, 1.54) is 0 Å². The summed E-state index contributed by atoms with van der Waals surface area (Å²) < 4.78 is 5.54. The van der Waals surface area contributed by atoms with Crippen molar-refractivity contribution in [3.8, 4) is 5.75 Å². The lowest BCUT2D eigenvalue weighted by Gasteiger charge is -2.07. The minimum atomic E-state index is -0.390. The zero-order chi connectivity index (χ0) is 19.1. The van der Waals surface area contributed by atoms with Crippen LogP contribution in [-0.4, -0.2) is 15.9 Å². The molecule has 0 radical (unpaired) electrons. The minimum Gasteiger partial charge on any atom is -0.423 e. The SMILES string of the molecule is Cc1ccc(C(=O)Oc2ccc3nc4ccc5ccccc5c4nc3c2)cc1. The third kappa shape index (κ3) is 2.85. The molecule has 0 bridgehead atoms. The number of fused-ring (bicyclic) bond motifs is 4. The lowest BCUT2D eigenvalue weighted by Crippen LogP contribution is -2.08. The van der Waals surface area contributed by atoms with Crippen LogP contribution in [0.4, 0.5) is 0 Å². The number of hydrogen-bond acceptors (Lipinski definition) is 4. The molecule has 0 amide bonds. The summed E-state index contributed by atoms with van der Waals surface area (Å²) in [6.07, 6.45) is 0. The van der Waals surface area contributed by atoms with Gasteiger partial charge in [-0.15, -0.1) is 0 Å². The molecule has 0 aliphatic heterocycles. The summed E-state index contributed by atoms with van der Waals surface area (Å²) in [5.74, 6) is 0.0607. The maximum absolute atomic E-state index is 12.4. The maximum Gasteiger partial charge on any atom is 0.343 e. The van der Waals surface area contributed by atoms with Crippen LogP contribution in [0.2, 0.25) is 0 Å². The molecule has 0 saturated heterocycles. The van der Waals surface area contributed by atoms with Gasteiger partial charge in [-0.1, -0.05) is 48.0 Å². The molecule has 0 aliphatic carbocycles. The number of carbonyl (C=O) groups excluding carboxylic acids is 1. The van der Waals surface area contributed by atoms with Crippen LogP contribution >= 0.6 is 0 Å². The van der Waals surface area contributed by atoms with Crippen LogP contribution in [0.1, 0.15) is 15.9 Å². The summed E-state index contributed by atoms with van der Waals surface area (Å²) in [5.41, 5.74) is 4.75. The van der Waals surface area contributed by atoms with Gasteiger partial charge in [0, 0.05) is 11.5 Å². The molecule has 1 aromatic heterocycles. The largest absolute Gasteiger partial charge is 0.423 e. The van der Waals surface area contributed by atoms with Crippen molar-refractivity contribution in [1.82, 2.24) is 9.97 Å². The highest BCUT2D eigenvalue weighted by Crippen LogP contribution is 2.26. The Morgan fingerprint density at radius 3 is 2.43 bits per heavy atom. The standard InChI is InChI=1S/C24H16N2O2/c1-15-6-8-17(9-7-15)24(27)28-18-11-13-20-22(14-18)26-23-19-5-3-2-4-16(19)10-12-21(23)25-20/h2-14H,1H3. The fourth-order valence-electron chi connectivity index (χ4n) is 3.31. The zero-order valence-electron chi connectivity index (χ0n) is 15.2. The predicted molar refractivity (Wildman–Crippen MR) is 111 cm³/mol. The van der Waals surface area contributed by atoms with E-state index in [-0.39, 0.29) is 0 Å². The van der Waals surface area contributed by atoms with E-state index in [4.69, 9.17) is 14.7 Å². The summed E-state index contributed by atoms with van der Waals surface area (Å²) in [6, 6.07) is 24.8. The Bertz CT molecular complexity index is 1360. The van der Waals surface area contributed by atoms with Crippen LogP contribution in [0.5, 0.6) is 5.75 Å². The minimum absolute atomic E-state index is 0.390. The fourth-order valence-corrected chi connectivity index (χ4v) is 3.31. The molecule has 0 saturated carbocycles. The van der Waals surface area contributed by atoms with Gasteiger partial charge in [-0.2, -0.15) is 0 Å². The van der Waals surface area contributed by atoms with Gasteiger partial charge in [-0.3, -0.25) is 0 Å². The smallest absolute Gasteiger partial charge is 0.343 e. The van der Waals surface area contributed by atoms with E-state index in [9.17, 15) is 4.79 Å². The van der Waals surface area contributed by atoms with Crippen LogP contribution in [-0.2, 0) is 0 Å². The van der Waals surface area contributed by atoms with E-state index in [0.29, 0.717) is 16.8 Å². The van der Waals surface area contributed by atoms with E-state index in [0.717, 1.165) is 32.9 Å². The number of aromatic nitrogens is 2. The van der Waals surface area contributed by atoms with Crippen LogP contribution in [0, 0.1) is 6.92 Å².